The Kier molecular flexibility index (Phi) is 6.68. The minimum absolute atomic E-state index is 0.0688. The van der Waals surface area contributed by atoms with E-state index in [9.17, 15) is 4.79 Å². The zero-order valence-electron chi connectivity index (χ0n) is 16.8. The minimum Gasteiger partial charge on any atom is -0.330 e. The van der Waals surface area contributed by atoms with Crippen LogP contribution < -0.4 is 0 Å². The van der Waals surface area contributed by atoms with Gasteiger partial charge in [-0.1, -0.05) is 66.2 Å². The third-order valence-electron chi connectivity index (χ3n) is 6.13. The van der Waals surface area contributed by atoms with Gasteiger partial charge >= 0.3 is 0 Å². The summed E-state index contributed by atoms with van der Waals surface area (Å²) in [4.78, 5) is 18.4. The summed E-state index contributed by atoms with van der Waals surface area (Å²) in [7, 11) is 0. The van der Waals surface area contributed by atoms with Crippen molar-refractivity contribution in [3.8, 4) is 0 Å². The molecule has 2 atom stereocenters. The molecule has 1 unspecified atom stereocenters. The molecule has 4 heteroatoms. The fourth-order valence-corrected chi connectivity index (χ4v) is 4.66. The summed E-state index contributed by atoms with van der Waals surface area (Å²) in [6, 6.07) is 18.4. The first-order chi connectivity index (χ1) is 14.2. The highest BCUT2D eigenvalue weighted by Gasteiger charge is 2.33. The Hall–Kier alpha value is -2.10. The monoisotopic (exact) mass is 408 g/mol. The maximum Gasteiger partial charge on any atom is 0.230 e. The second-order valence-corrected chi connectivity index (χ2v) is 8.51. The van der Waals surface area contributed by atoms with Crippen molar-refractivity contribution < 1.29 is 4.79 Å². The molecular weight excluding hydrogens is 380 g/mol. The lowest BCUT2D eigenvalue weighted by molar-refractivity contribution is -0.135. The molecule has 152 valence electrons. The number of hydrogen-bond donors (Lipinski definition) is 0. The summed E-state index contributed by atoms with van der Waals surface area (Å²) in [5.74, 6) is 0.103. The number of hydrogen-bond acceptors (Lipinski definition) is 2. The van der Waals surface area contributed by atoms with Crippen molar-refractivity contribution >= 4 is 17.5 Å². The first kappa shape index (κ1) is 20.2. The molecule has 1 fully saturated rings. The van der Waals surface area contributed by atoms with Crippen LogP contribution in [-0.4, -0.2) is 41.9 Å². The van der Waals surface area contributed by atoms with Gasteiger partial charge in [-0.15, -0.1) is 0 Å². The Labute approximate surface area is 179 Å². The highest BCUT2D eigenvalue weighted by atomic mass is 35.5. The van der Waals surface area contributed by atoms with Crippen LogP contribution in [0.1, 0.15) is 48.8 Å². The van der Waals surface area contributed by atoms with Crippen molar-refractivity contribution in [2.24, 2.45) is 0 Å². The molecule has 29 heavy (non-hydrogen) atoms. The van der Waals surface area contributed by atoms with Gasteiger partial charge in [0.1, 0.15) is 0 Å². The van der Waals surface area contributed by atoms with E-state index in [0.717, 1.165) is 38.0 Å². The van der Waals surface area contributed by atoms with Gasteiger partial charge in [-0.05, 0) is 62.0 Å². The summed E-state index contributed by atoms with van der Waals surface area (Å²) >= 11 is 6.09. The summed E-state index contributed by atoms with van der Waals surface area (Å²) in [6.07, 6.45) is 8.65. The number of halogens is 1. The molecule has 4 rings (SSSR count). The van der Waals surface area contributed by atoms with Gasteiger partial charge in [0.2, 0.25) is 5.91 Å². The van der Waals surface area contributed by atoms with Gasteiger partial charge in [-0.2, -0.15) is 0 Å². The van der Waals surface area contributed by atoms with Gasteiger partial charge in [-0.3, -0.25) is 4.79 Å². The van der Waals surface area contributed by atoms with Crippen molar-refractivity contribution in [2.75, 3.05) is 26.2 Å². The summed E-state index contributed by atoms with van der Waals surface area (Å²) in [5.41, 5.74) is 2.28. The summed E-state index contributed by atoms with van der Waals surface area (Å²) < 4.78 is 0. The largest absolute Gasteiger partial charge is 0.330 e. The molecule has 2 aliphatic heterocycles. The molecule has 2 aromatic carbocycles. The van der Waals surface area contributed by atoms with Crippen LogP contribution in [0.3, 0.4) is 0 Å². The van der Waals surface area contributed by atoms with E-state index in [-0.39, 0.29) is 17.9 Å². The molecule has 2 aromatic rings. The Morgan fingerprint density at radius 2 is 1.69 bits per heavy atom. The molecule has 0 bridgehead atoms. The van der Waals surface area contributed by atoms with Crippen LogP contribution in [0, 0.1) is 0 Å². The fraction of sp³-hybridized carbons (Fsp3) is 0.400. The number of rotatable bonds is 5. The van der Waals surface area contributed by atoms with Gasteiger partial charge in [0, 0.05) is 18.1 Å². The quantitative estimate of drug-likeness (QED) is 0.615. The smallest absolute Gasteiger partial charge is 0.230 e. The second-order valence-electron chi connectivity index (χ2n) is 8.08. The SMILES string of the molecule is O=C1C(c2ccc(Cl)cc2)CCC=CCN1[C@H](CN1CCCC1)c1ccccc1. The summed E-state index contributed by atoms with van der Waals surface area (Å²) in [6.45, 7) is 3.82. The zero-order chi connectivity index (χ0) is 20.1. The van der Waals surface area contributed by atoms with E-state index in [4.69, 9.17) is 11.6 Å². The van der Waals surface area contributed by atoms with E-state index in [1.165, 1.54) is 18.4 Å². The van der Waals surface area contributed by atoms with Crippen molar-refractivity contribution in [1.29, 1.82) is 0 Å². The molecule has 1 saturated heterocycles. The number of amides is 1. The maximum atomic E-state index is 13.8. The molecule has 0 saturated carbocycles. The average molecular weight is 409 g/mol. The van der Waals surface area contributed by atoms with Gasteiger partial charge in [0.05, 0.1) is 12.0 Å². The van der Waals surface area contributed by atoms with Crippen LogP contribution in [-0.2, 0) is 4.79 Å². The second kappa shape index (κ2) is 9.60. The molecule has 0 aromatic heterocycles. The topological polar surface area (TPSA) is 23.6 Å². The van der Waals surface area contributed by atoms with Crippen molar-refractivity contribution in [3.05, 3.63) is 82.9 Å². The maximum absolute atomic E-state index is 13.8. The number of allylic oxidation sites excluding steroid dienone is 1. The van der Waals surface area contributed by atoms with Crippen molar-refractivity contribution in [2.45, 2.75) is 37.6 Å². The predicted molar refractivity (Wildman–Crippen MR) is 119 cm³/mol. The molecule has 2 aliphatic rings. The van der Waals surface area contributed by atoms with E-state index in [1.807, 2.05) is 30.3 Å². The predicted octanol–water partition coefficient (Wildman–Crippen LogP) is 5.44. The molecular formula is C25H29ClN2O. The van der Waals surface area contributed by atoms with Crippen molar-refractivity contribution in [1.82, 2.24) is 9.80 Å². The van der Waals surface area contributed by atoms with Crippen LogP contribution in [0.15, 0.2) is 66.7 Å². The molecule has 0 radical (unpaired) electrons. The van der Waals surface area contributed by atoms with E-state index in [2.05, 4.69) is 46.2 Å². The third-order valence-corrected chi connectivity index (χ3v) is 6.39. The molecule has 1 amide bonds. The first-order valence-electron chi connectivity index (χ1n) is 10.7. The number of carbonyl (C=O) groups is 1. The third kappa shape index (κ3) is 4.91. The van der Waals surface area contributed by atoms with E-state index < -0.39 is 0 Å². The van der Waals surface area contributed by atoms with Gasteiger partial charge in [0.15, 0.2) is 0 Å². The lowest BCUT2D eigenvalue weighted by atomic mass is 9.90. The summed E-state index contributed by atoms with van der Waals surface area (Å²) in [5, 5.41) is 0.708. The van der Waals surface area contributed by atoms with E-state index in [1.54, 1.807) is 0 Å². The average Bonchev–Trinajstić information content (AvgIpc) is 3.25. The zero-order valence-corrected chi connectivity index (χ0v) is 17.6. The number of benzene rings is 2. The molecule has 0 spiro atoms. The van der Waals surface area contributed by atoms with Crippen LogP contribution in [0.5, 0.6) is 0 Å². The highest BCUT2D eigenvalue weighted by Crippen LogP contribution is 2.32. The normalized spacial score (nSPS) is 21.8. The number of nitrogens with zero attached hydrogens (tertiary/aromatic N) is 2. The van der Waals surface area contributed by atoms with Crippen LogP contribution >= 0.6 is 11.6 Å². The number of likely N-dealkylation sites (tertiary alicyclic amines) is 1. The Balaban J connectivity index is 1.66. The standard InChI is InChI=1S/C25H29ClN2O/c26-22-14-12-20(13-15-22)23-11-5-2-6-18-28(25(23)29)24(19-27-16-7-8-17-27)21-9-3-1-4-10-21/h1-4,6,9-10,12-15,23-24H,5,7-8,11,16-19H2/t23?,24-/m1/s1. The van der Waals surface area contributed by atoms with Crippen LogP contribution in [0.25, 0.3) is 0 Å². The Morgan fingerprint density at radius 3 is 2.41 bits per heavy atom. The van der Waals surface area contributed by atoms with Gasteiger partial charge < -0.3 is 9.80 Å². The van der Waals surface area contributed by atoms with Crippen LogP contribution in [0.2, 0.25) is 5.02 Å². The Bertz CT molecular complexity index is 828. The minimum atomic E-state index is -0.123. The lowest BCUT2D eigenvalue weighted by Crippen LogP contribution is -2.43. The molecule has 0 aliphatic carbocycles. The first-order valence-corrected chi connectivity index (χ1v) is 11.1. The lowest BCUT2D eigenvalue weighted by Gasteiger charge is -2.37. The van der Waals surface area contributed by atoms with Crippen LogP contribution in [0.4, 0.5) is 0 Å². The molecule has 3 nitrogen and oxygen atoms in total. The van der Waals surface area contributed by atoms with Gasteiger partial charge in [-0.25, -0.2) is 0 Å². The highest BCUT2D eigenvalue weighted by molar-refractivity contribution is 6.30. The van der Waals surface area contributed by atoms with E-state index >= 15 is 0 Å². The fourth-order valence-electron chi connectivity index (χ4n) is 4.54. The van der Waals surface area contributed by atoms with Crippen molar-refractivity contribution in [3.63, 3.8) is 0 Å². The van der Waals surface area contributed by atoms with Gasteiger partial charge in [0.25, 0.3) is 0 Å². The number of carbonyl (C=O) groups excluding carboxylic acids is 1. The molecule has 0 N–H and O–H groups in total. The van der Waals surface area contributed by atoms with E-state index in [0.29, 0.717) is 11.6 Å². The Morgan fingerprint density at radius 1 is 0.966 bits per heavy atom. The molecule has 2 heterocycles.